The van der Waals surface area contributed by atoms with Crippen molar-refractivity contribution in [2.24, 2.45) is 0 Å². The van der Waals surface area contributed by atoms with Gasteiger partial charge in [0.1, 0.15) is 12.1 Å². The number of nitrogens with zero attached hydrogens (tertiary/aromatic N) is 4. The van der Waals surface area contributed by atoms with Crippen LogP contribution in [-0.4, -0.2) is 26.1 Å². The summed E-state index contributed by atoms with van der Waals surface area (Å²) in [6.07, 6.45) is 9.53. The van der Waals surface area contributed by atoms with Gasteiger partial charge in [-0.2, -0.15) is 0 Å². The van der Waals surface area contributed by atoms with Crippen molar-refractivity contribution in [3.63, 3.8) is 0 Å². The maximum atomic E-state index is 4.26. The number of anilines is 1. The maximum absolute atomic E-state index is 4.26. The van der Waals surface area contributed by atoms with Crippen molar-refractivity contribution in [1.82, 2.24) is 19.5 Å². The van der Waals surface area contributed by atoms with E-state index in [1.54, 1.807) is 6.33 Å². The predicted octanol–water partition coefficient (Wildman–Crippen LogP) is 2.69. The van der Waals surface area contributed by atoms with Gasteiger partial charge in [-0.15, -0.1) is 0 Å². The minimum Gasteiger partial charge on any atom is -0.370 e. The number of aromatic nitrogens is 4. The number of aryl methyl sites for hydroxylation is 1. The van der Waals surface area contributed by atoms with Crippen molar-refractivity contribution >= 4 is 5.82 Å². The molecule has 0 radical (unpaired) electrons. The van der Waals surface area contributed by atoms with Gasteiger partial charge in [0.2, 0.25) is 0 Å². The Kier molecular flexibility index (Phi) is 4.89. The molecular weight excluding hydrogens is 238 g/mol. The molecule has 0 atom stereocenters. The zero-order valence-corrected chi connectivity index (χ0v) is 11.6. The summed E-state index contributed by atoms with van der Waals surface area (Å²) in [5.74, 6) is 1.35. The highest BCUT2D eigenvalue weighted by Gasteiger charge is 2.02. The lowest BCUT2D eigenvalue weighted by Crippen LogP contribution is -2.06. The Morgan fingerprint density at radius 2 is 2.16 bits per heavy atom. The predicted molar refractivity (Wildman–Crippen MR) is 76.1 cm³/mol. The first-order chi connectivity index (χ1) is 9.25. The number of unbranched alkanes of at least 4 members (excludes halogenated alkanes) is 1. The van der Waals surface area contributed by atoms with Crippen molar-refractivity contribution in [3.05, 3.63) is 36.8 Å². The Morgan fingerprint density at radius 1 is 1.26 bits per heavy atom. The third-order valence-electron chi connectivity index (χ3n) is 2.99. The monoisotopic (exact) mass is 259 g/mol. The molecule has 0 aromatic carbocycles. The number of nitrogens with one attached hydrogen (secondary N) is 1. The van der Waals surface area contributed by atoms with Gasteiger partial charge in [0.15, 0.2) is 0 Å². The van der Waals surface area contributed by atoms with Crippen molar-refractivity contribution in [3.8, 4) is 0 Å². The van der Waals surface area contributed by atoms with Crippen LogP contribution in [-0.2, 0) is 6.54 Å². The normalized spacial score (nSPS) is 10.9. The summed E-state index contributed by atoms with van der Waals surface area (Å²) in [5.41, 5.74) is 1.08. The summed E-state index contributed by atoms with van der Waals surface area (Å²) in [6, 6.07) is 2.03. The summed E-state index contributed by atoms with van der Waals surface area (Å²) < 4.78 is 2.10. The van der Waals surface area contributed by atoms with Gasteiger partial charge < -0.3 is 9.88 Å². The summed E-state index contributed by atoms with van der Waals surface area (Å²) in [7, 11) is 0. The largest absolute Gasteiger partial charge is 0.370 e. The molecule has 102 valence electrons. The molecule has 0 aliphatic heterocycles. The van der Waals surface area contributed by atoms with Gasteiger partial charge in [0.25, 0.3) is 0 Å². The first-order valence-electron chi connectivity index (χ1n) is 6.77. The van der Waals surface area contributed by atoms with Gasteiger partial charge in [-0.05, 0) is 18.8 Å². The van der Waals surface area contributed by atoms with Gasteiger partial charge in [0, 0.05) is 37.2 Å². The topological polar surface area (TPSA) is 55.6 Å². The molecule has 2 heterocycles. The molecule has 0 saturated carbocycles. The highest BCUT2D eigenvalue weighted by molar-refractivity contribution is 5.35. The molecule has 19 heavy (non-hydrogen) atoms. The Bertz CT molecular complexity index is 478. The first kappa shape index (κ1) is 13.5. The zero-order chi connectivity index (χ0) is 13.5. The molecule has 0 unspecified atom stereocenters. The molecule has 0 spiro atoms. The van der Waals surface area contributed by atoms with Crippen LogP contribution >= 0.6 is 0 Å². The van der Waals surface area contributed by atoms with E-state index in [4.69, 9.17) is 0 Å². The Balaban J connectivity index is 1.69. The average Bonchev–Trinajstić information content (AvgIpc) is 2.92. The van der Waals surface area contributed by atoms with Crippen LogP contribution in [0, 0.1) is 0 Å². The van der Waals surface area contributed by atoms with E-state index in [-0.39, 0.29) is 0 Å². The molecule has 0 amide bonds. The third-order valence-corrected chi connectivity index (χ3v) is 2.99. The zero-order valence-electron chi connectivity index (χ0n) is 11.6. The Labute approximate surface area is 114 Å². The second kappa shape index (κ2) is 6.87. The Morgan fingerprint density at radius 3 is 2.89 bits per heavy atom. The lowest BCUT2D eigenvalue weighted by Gasteiger charge is -2.08. The highest BCUT2D eigenvalue weighted by Crippen LogP contribution is 2.13. The van der Waals surface area contributed by atoms with E-state index in [0.29, 0.717) is 5.92 Å². The van der Waals surface area contributed by atoms with E-state index in [1.807, 2.05) is 24.8 Å². The molecule has 1 N–H and O–H groups in total. The second-order valence-corrected chi connectivity index (χ2v) is 4.92. The molecular formula is C14H21N5. The molecule has 0 aliphatic rings. The minimum absolute atomic E-state index is 0.435. The van der Waals surface area contributed by atoms with Gasteiger partial charge in [-0.1, -0.05) is 13.8 Å². The standard InChI is InChI=1S/C14H21N5/c1-12(2)13-9-14(18-10-17-13)16-5-3-4-7-19-8-6-15-11-19/h6,8-12H,3-5,7H2,1-2H3,(H,16,17,18). The lowest BCUT2D eigenvalue weighted by molar-refractivity contribution is 0.620. The van der Waals surface area contributed by atoms with Crippen LogP contribution in [0.15, 0.2) is 31.1 Å². The van der Waals surface area contributed by atoms with Crippen LogP contribution < -0.4 is 5.32 Å². The van der Waals surface area contributed by atoms with Gasteiger partial charge in [-0.25, -0.2) is 15.0 Å². The number of hydrogen-bond donors (Lipinski definition) is 1. The Hall–Kier alpha value is -1.91. The van der Waals surface area contributed by atoms with E-state index in [1.165, 1.54) is 0 Å². The fourth-order valence-corrected chi connectivity index (χ4v) is 1.84. The molecule has 2 aromatic rings. The maximum Gasteiger partial charge on any atom is 0.129 e. The minimum atomic E-state index is 0.435. The van der Waals surface area contributed by atoms with Crippen LogP contribution in [0.4, 0.5) is 5.82 Å². The summed E-state index contributed by atoms with van der Waals surface area (Å²) in [5, 5.41) is 3.34. The van der Waals surface area contributed by atoms with E-state index in [2.05, 4.69) is 38.7 Å². The molecule has 5 nitrogen and oxygen atoms in total. The van der Waals surface area contributed by atoms with Gasteiger partial charge >= 0.3 is 0 Å². The van der Waals surface area contributed by atoms with E-state index in [0.717, 1.165) is 37.4 Å². The van der Waals surface area contributed by atoms with Crippen LogP contribution in [0.25, 0.3) is 0 Å². The summed E-state index contributed by atoms with van der Waals surface area (Å²) >= 11 is 0. The SMILES string of the molecule is CC(C)c1cc(NCCCCn2ccnc2)ncn1. The lowest BCUT2D eigenvalue weighted by atomic mass is 10.1. The molecule has 2 aromatic heterocycles. The van der Waals surface area contributed by atoms with Crippen molar-refractivity contribution < 1.29 is 0 Å². The van der Waals surface area contributed by atoms with E-state index in [9.17, 15) is 0 Å². The second-order valence-electron chi connectivity index (χ2n) is 4.92. The highest BCUT2D eigenvalue weighted by atomic mass is 15.0. The van der Waals surface area contributed by atoms with Crippen LogP contribution in [0.3, 0.4) is 0 Å². The van der Waals surface area contributed by atoms with E-state index < -0.39 is 0 Å². The smallest absolute Gasteiger partial charge is 0.129 e. The fourth-order valence-electron chi connectivity index (χ4n) is 1.84. The molecule has 0 aliphatic carbocycles. The average molecular weight is 259 g/mol. The summed E-state index contributed by atoms with van der Waals surface area (Å²) in [4.78, 5) is 12.5. The van der Waals surface area contributed by atoms with Gasteiger partial charge in [-0.3, -0.25) is 0 Å². The third kappa shape index (κ3) is 4.35. The first-order valence-corrected chi connectivity index (χ1v) is 6.77. The van der Waals surface area contributed by atoms with Crippen molar-refractivity contribution in [1.29, 1.82) is 0 Å². The van der Waals surface area contributed by atoms with Crippen molar-refractivity contribution in [2.75, 3.05) is 11.9 Å². The molecule has 0 bridgehead atoms. The van der Waals surface area contributed by atoms with Crippen LogP contribution in [0.2, 0.25) is 0 Å². The number of rotatable bonds is 7. The number of imidazole rings is 1. The molecule has 2 rings (SSSR count). The fraction of sp³-hybridized carbons (Fsp3) is 0.500. The summed E-state index contributed by atoms with van der Waals surface area (Å²) in [6.45, 7) is 6.22. The molecule has 0 saturated heterocycles. The van der Waals surface area contributed by atoms with E-state index >= 15 is 0 Å². The van der Waals surface area contributed by atoms with Gasteiger partial charge in [0.05, 0.1) is 6.33 Å². The molecule has 5 heteroatoms. The molecule has 0 fully saturated rings. The quantitative estimate of drug-likeness (QED) is 0.777. The van der Waals surface area contributed by atoms with Crippen LogP contribution in [0.1, 0.15) is 38.3 Å². The van der Waals surface area contributed by atoms with Crippen molar-refractivity contribution in [2.45, 2.75) is 39.2 Å². The van der Waals surface area contributed by atoms with Crippen LogP contribution in [0.5, 0.6) is 0 Å². The number of hydrogen-bond acceptors (Lipinski definition) is 4.